The second kappa shape index (κ2) is 5.44. The first-order chi connectivity index (χ1) is 10.0. The van der Waals surface area contributed by atoms with Crippen molar-refractivity contribution < 1.29 is 19.1 Å². The lowest BCUT2D eigenvalue weighted by molar-refractivity contribution is -0.130. The molecule has 3 rings (SSSR count). The predicted molar refractivity (Wildman–Crippen MR) is 73.4 cm³/mol. The van der Waals surface area contributed by atoms with Crippen molar-refractivity contribution in [1.29, 1.82) is 0 Å². The third-order valence-electron chi connectivity index (χ3n) is 4.25. The molecule has 21 heavy (non-hydrogen) atoms. The zero-order chi connectivity index (χ0) is 15.0. The first kappa shape index (κ1) is 14.0. The summed E-state index contributed by atoms with van der Waals surface area (Å²) in [6, 6.07) is 4.52. The van der Waals surface area contributed by atoms with Crippen LogP contribution in [0.2, 0.25) is 0 Å². The van der Waals surface area contributed by atoms with Crippen LogP contribution >= 0.6 is 0 Å². The van der Waals surface area contributed by atoms with Crippen LogP contribution in [0.1, 0.15) is 28.8 Å². The van der Waals surface area contributed by atoms with E-state index < -0.39 is 11.8 Å². The molecule has 1 aromatic carbocycles. The monoisotopic (exact) mass is 292 g/mol. The van der Waals surface area contributed by atoms with E-state index in [0.29, 0.717) is 13.0 Å². The standard InChI is InChI=1S/C15H17FN2O3/c16-13-7-10(1-3-12(13)15(20)21)8-17-5-6-18-11(9-17)2-4-14(18)19/h1,3,7,11H,2,4-6,8-9H2,(H,20,21). The minimum Gasteiger partial charge on any atom is -0.478 e. The Kier molecular flexibility index (Phi) is 3.63. The summed E-state index contributed by atoms with van der Waals surface area (Å²) in [5, 5.41) is 8.82. The number of halogens is 1. The fraction of sp³-hybridized carbons (Fsp3) is 0.467. The van der Waals surface area contributed by atoms with Gasteiger partial charge in [0.2, 0.25) is 5.91 Å². The minimum absolute atomic E-state index is 0.233. The van der Waals surface area contributed by atoms with Gasteiger partial charge in [-0.2, -0.15) is 0 Å². The van der Waals surface area contributed by atoms with Gasteiger partial charge in [0.05, 0.1) is 5.56 Å². The number of carbonyl (C=O) groups is 2. The number of piperazine rings is 1. The summed E-state index contributed by atoms with van der Waals surface area (Å²) >= 11 is 0. The molecule has 2 fully saturated rings. The fourth-order valence-corrected chi connectivity index (χ4v) is 3.16. The van der Waals surface area contributed by atoms with Gasteiger partial charge in [0, 0.05) is 38.6 Å². The third-order valence-corrected chi connectivity index (χ3v) is 4.25. The van der Waals surface area contributed by atoms with Gasteiger partial charge >= 0.3 is 5.97 Å². The van der Waals surface area contributed by atoms with E-state index in [4.69, 9.17) is 5.11 Å². The molecule has 6 heteroatoms. The van der Waals surface area contributed by atoms with Crippen molar-refractivity contribution in [2.24, 2.45) is 0 Å². The van der Waals surface area contributed by atoms with E-state index in [-0.39, 0.29) is 17.5 Å². The van der Waals surface area contributed by atoms with Gasteiger partial charge in [0.15, 0.2) is 0 Å². The Morgan fingerprint density at radius 3 is 2.90 bits per heavy atom. The summed E-state index contributed by atoms with van der Waals surface area (Å²) in [5.41, 5.74) is 0.459. The van der Waals surface area contributed by atoms with E-state index >= 15 is 0 Å². The Balaban J connectivity index is 1.66. The number of nitrogens with zero attached hydrogens (tertiary/aromatic N) is 2. The van der Waals surface area contributed by atoms with Crippen LogP contribution in [-0.2, 0) is 11.3 Å². The molecule has 2 aliphatic rings. The topological polar surface area (TPSA) is 60.9 Å². The van der Waals surface area contributed by atoms with E-state index in [9.17, 15) is 14.0 Å². The first-order valence-electron chi connectivity index (χ1n) is 7.08. The van der Waals surface area contributed by atoms with Crippen molar-refractivity contribution in [2.75, 3.05) is 19.6 Å². The van der Waals surface area contributed by atoms with Crippen LogP contribution in [0.5, 0.6) is 0 Å². The maximum Gasteiger partial charge on any atom is 0.338 e. The number of amides is 1. The minimum atomic E-state index is -1.25. The average molecular weight is 292 g/mol. The van der Waals surface area contributed by atoms with Crippen molar-refractivity contribution >= 4 is 11.9 Å². The molecule has 1 atom stereocenters. The Morgan fingerprint density at radius 1 is 1.38 bits per heavy atom. The lowest BCUT2D eigenvalue weighted by Gasteiger charge is -2.37. The molecule has 1 unspecified atom stereocenters. The number of hydrogen-bond donors (Lipinski definition) is 1. The number of rotatable bonds is 3. The number of fused-ring (bicyclic) bond motifs is 1. The molecule has 2 heterocycles. The summed E-state index contributed by atoms with van der Waals surface area (Å²) in [5.74, 6) is -1.72. The van der Waals surface area contributed by atoms with E-state index in [1.54, 1.807) is 6.07 Å². The summed E-state index contributed by atoms with van der Waals surface area (Å²) in [4.78, 5) is 26.5. The fourth-order valence-electron chi connectivity index (χ4n) is 3.16. The van der Waals surface area contributed by atoms with E-state index in [1.165, 1.54) is 12.1 Å². The van der Waals surface area contributed by atoms with Gasteiger partial charge in [0.25, 0.3) is 0 Å². The number of hydrogen-bond acceptors (Lipinski definition) is 3. The van der Waals surface area contributed by atoms with E-state index in [1.807, 2.05) is 4.90 Å². The Hall–Kier alpha value is -1.95. The molecule has 0 radical (unpaired) electrons. The Morgan fingerprint density at radius 2 is 2.19 bits per heavy atom. The highest BCUT2D eigenvalue weighted by atomic mass is 19.1. The van der Waals surface area contributed by atoms with Crippen molar-refractivity contribution in [1.82, 2.24) is 9.80 Å². The molecule has 0 aromatic heterocycles. The molecule has 0 spiro atoms. The molecule has 112 valence electrons. The lowest BCUT2D eigenvalue weighted by Crippen LogP contribution is -2.50. The van der Waals surface area contributed by atoms with E-state index in [2.05, 4.69) is 4.90 Å². The van der Waals surface area contributed by atoms with Crippen LogP contribution in [0.15, 0.2) is 18.2 Å². The normalized spacial score (nSPS) is 22.4. The molecule has 2 saturated heterocycles. The van der Waals surface area contributed by atoms with Crippen LogP contribution in [0, 0.1) is 5.82 Å². The highest BCUT2D eigenvalue weighted by Gasteiger charge is 2.35. The third kappa shape index (κ3) is 2.76. The smallest absolute Gasteiger partial charge is 0.338 e. The van der Waals surface area contributed by atoms with Crippen LogP contribution in [0.4, 0.5) is 4.39 Å². The van der Waals surface area contributed by atoms with Gasteiger partial charge in [-0.1, -0.05) is 6.07 Å². The first-order valence-corrected chi connectivity index (χ1v) is 7.08. The van der Waals surface area contributed by atoms with Gasteiger partial charge < -0.3 is 10.0 Å². The number of carboxylic acids is 1. The average Bonchev–Trinajstić information content (AvgIpc) is 2.80. The highest BCUT2D eigenvalue weighted by molar-refractivity contribution is 5.87. The number of carbonyl (C=O) groups excluding carboxylic acids is 1. The van der Waals surface area contributed by atoms with Crippen molar-refractivity contribution in [2.45, 2.75) is 25.4 Å². The summed E-state index contributed by atoms with van der Waals surface area (Å²) in [6.45, 7) is 2.87. The van der Waals surface area contributed by atoms with Gasteiger partial charge in [-0.15, -0.1) is 0 Å². The Labute approximate surface area is 122 Å². The second-order valence-electron chi connectivity index (χ2n) is 5.63. The maximum absolute atomic E-state index is 13.7. The number of aromatic carboxylic acids is 1. The van der Waals surface area contributed by atoms with Crippen molar-refractivity contribution in [3.05, 3.63) is 35.1 Å². The maximum atomic E-state index is 13.7. The summed E-state index contributed by atoms with van der Waals surface area (Å²) in [7, 11) is 0. The summed E-state index contributed by atoms with van der Waals surface area (Å²) in [6.07, 6.45) is 1.52. The van der Waals surface area contributed by atoms with Gasteiger partial charge in [0.1, 0.15) is 5.82 Å². The van der Waals surface area contributed by atoms with Crippen LogP contribution in [0.25, 0.3) is 0 Å². The largest absolute Gasteiger partial charge is 0.478 e. The molecule has 1 N–H and O–H groups in total. The number of benzene rings is 1. The quantitative estimate of drug-likeness (QED) is 0.913. The van der Waals surface area contributed by atoms with Crippen molar-refractivity contribution in [3.8, 4) is 0 Å². The Bertz CT molecular complexity index is 590. The lowest BCUT2D eigenvalue weighted by atomic mass is 10.1. The van der Waals surface area contributed by atoms with Gasteiger partial charge in [-0.25, -0.2) is 9.18 Å². The zero-order valence-electron chi connectivity index (χ0n) is 11.6. The van der Waals surface area contributed by atoms with E-state index in [0.717, 1.165) is 31.6 Å². The molecular weight excluding hydrogens is 275 g/mol. The van der Waals surface area contributed by atoms with Gasteiger partial charge in [-0.3, -0.25) is 9.69 Å². The molecular formula is C15H17FN2O3. The van der Waals surface area contributed by atoms with Gasteiger partial charge in [-0.05, 0) is 24.1 Å². The zero-order valence-corrected chi connectivity index (χ0v) is 11.6. The van der Waals surface area contributed by atoms with Crippen LogP contribution in [0.3, 0.4) is 0 Å². The number of carboxylic acid groups (broad SMARTS) is 1. The highest BCUT2D eigenvalue weighted by Crippen LogP contribution is 2.24. The SMILES string of the molecule is O=C(O)c1ccc(CN2CCN3C(=O)CCC3C2)cc1F. The molecule has 0 saturated carbocycles. The molecule has 1 amide bonds. The van der Waals surface area contributed by atoms with Crippen LogP contribution in [-0.4, -0.2) is 52.5 Å². The molecule has 1 aromatic rings. The molecule has 2 aliphatic heterocycles. The van der Waals surface area contributed by atoms with Crippen molar-refractivity contribution in [3.63, 3.8) is 0 Å². The molecule has 5 nitrogen and oxygen atoms in total. The second-order valence-corrected chi connectivity index (χ2v) is 5.63. The predicted octanol–water partition coefficient (Wildman–Crippen LogP) is 1.33. The van der Waals surface area contributed by atoms with Crippen LogP contribution < -0.4 is 0 Å². The summed E-state index contributed by atoms with van der Waals surface area (Å²) < 4.78 is 13.7. The molecule has 0 bridgehead atoms. The molecule has 0 aliphatic carbocycles.